The van der Waals surface area contributed by atoms with Crippen molar-refractivity contribution >= 4 is 39.0 Å². The van der Waals surface area contributed by atoms with Gasteiger partial charge in [-0.05, 0) is 36.4 Å². The van der Waals surface area contributed by atoms with Gasteiger partial charge in [-0.2, -0.15) is 0 Å². The van der Waals surface area contributed by atoms with Gasteiger partial charge in [0.05, 0.1) is 22.9 Å². The average Bonchev–Trinajstić information content (AvgIpc) is 3.32. The summed E-state index contributed by atoms with van der Waals surface area (Å²) >= 11 is 0. The molecule has 0 saturated carbocycles. The van der Waals surface area contributed by atoms with Crippen LogP contribution in [0.4, 0.5) is 5.69 Å². The summed E-state index contributed by atoms with van der Waals surface area (Å²) in [5.74, 6) is -0.236. The molecule has 0 aliphatic rings. The zero-order valence-corrected chi connectivity index (χ0v) is 13.7. The molecule has 5 rings (SSSR count). The molecule has 0 radical (unpaired) electrons. The third-order valence-corrected chi connectivity index (χ3v) is 4.47. The van der Waals surface area contributed by atoms with Crippen molar-refractivity contribution in [2.24, 2.45) is 0 Å². The highest BCUT2D eigenvalue weighted by Crippen LogP contribution is 2.22. The fourth-order valence-corrected chi connectivity index (χ4v) is 3.20. The first-order valence-corrected chi connectivity index (χ1v) is 8.28. The van der Waals surface area contributed by atoms with Crippen molar-refractivity contribution in [1.82, 2.24) is 19.8 Å². The lowest BCUT2D eigenvalue weighted by Gasteiger charge is -2.11. The second-order valence-electron chi connectivity index (χ2n) is 6.08. The molecule has 0 spiro atoms. The van der Waals surface area contributed by atoms with E-state index in [0.717, 1.165) is 33.1 Å². The van der Waals surface area contributed by atoms with Crippen LogP contribution in [0.2, 0.25) is 0 Å². The minimum atomic E-state index is -0.236. The van der Waals surface area contributed by atoms with Crippen LogP contribution >= 0.6 is 0 Å². The van der Waals surface area contributed by atoms with Crippen molar-refractivity contribution in [3.63, 3.8) is 0 Å². The first kappa shape index (κ1) is 14.5. The van der Waals surface area contributed by atoms with E-state index in [4.69, 9.17) is 0 Å². The quantitative estimate of drug-likeness (QED) is 0.438. The van der Waals surface area contributed by atoms with Crippen LogP contribution in [-0.4, -0.2) is 20.3 Å². The number of carbonyl (C=O) groups excluding carboxylic acids is 1. The van der Waals surface area contributed by atoms with Gasteiger partial charge in [-0.25, -0.2) is 0 Å². The molecule has 5 aromatic rings. The van der Waals surface area contributed by atoms with Crippen LogP contribution in [0, 0.1) is 0 Å². The number of amides is 1. The maximum atomic E-state index is 12.5. The number of carbonyl (C=O) groups is 1. The lowest BCUT2D eigenvalue weighted by molar-refractivity contribution is 0.0958. The van der Waals surface area contributed by atoms with Gasteiger partial charge in [-0.15, -0.1) is 0 Å². The Hall–Kier alpha value is -3.80. The molecule has 0 aliphatic carbocycles. The summed E-state index contributed by atoms with van der Waals surface area (Å²) in [4.78, 5) is 20.1. The Morgan fingerprint density at radius 1 is 1.04 bits per heavy atom. The van der Waals surface area contributed by atoms with Gasteiger partial charge >= 0.3 is 0 Å². The van der Waals surface area contributed by atoms with Crippen molar-refractivity contribution in [3.05, 3.63) is 78.8 Å². The molecule has 6 nitrogen and oxygen atoms in total. The van der Waals surface area contributed by atoms with Crippen LogP contribution in [0.5, 0.6) is 0 Å². The van der Waals surface area contributed by atoms with Crippen LogP contribution in [0.1, 0.15) is 10.5 Å². The Kier molecular flexibility index (Phi) is 3.15. The zero-order chi connectivity index (χ0) is 17.5. The van der Waals surface area contributed by atoms with E-state index in [0.29, 0.717) is 5.69 Å². The number of nitrogens with zero attached hydrogens (tertiary/aromatic N) is 2. The number of nitrogens with one attached hydrogen (secondary N) is 3. The van der Waals surface area contributed by atoms with Crippen LogP contribution in [0.3, 0.4) is 0 Å². The Balaban J connectivity index is 1.45. The van der Waals surface area contributed by atoms with Crippen molar-refractivity contribution in [2.45, 2.75) is 0 Å². The molecule has 0 fully saturated rings. The highest BCUT2D eigenvalue weighted by molar-refractivity contribution is 5.99. The van der Waals surface area contributed by atoms with E-state index in [1.165, 1.54) is 0 Å². The number of aromatic nitrogens is 3. The molecule has 2 aromatic carbocycles. The first-order chi connectivity index (χ1) is 12.8. The van der Waals surface area contributed by atoms with Crippen molar-refractivity contribution < 1.29 is 4.79 Å². The Bertz CT molecular complexity index is 1230. The third kappa shape index (κ3) is 2.28. The Morgan fingerprint density at radius 3 is 2.88 bits per heavy atom. The fraction of sp³-hybridized carbons (Fsp3) is 0. The van der Waals surface area contributed by atoms with E-state index in [1.807, 2.05) is 73.1 Å². The van der Waals surface area contributed by atoms with Crippen LogP contribution < -0.4 is 10.9 Å². The van der Waals surface area contributed by atoms with Crippen LogP contribution in [0.25, 0.3) is 27.5 Å². The van der Waals surface area contributed by atoms with Gasteiger partial charge in [0, 0.05) is 17.1 Å². The summed E-state index contributed by atoms with van der Waals surface area (Å²) in [6.07, 6.45) is 3.80. The summed E-state index contributed by atoms with van der Waals surface area (Å²) in [7, 11) is 0. The fourth-order valence-electron chi connectivity index (χ4n) is 3.20. The third-order valence-electron chi connectivity index (χ3n) is 4.47. The second kappa shape index (κ2) is 5.63. The van der Waals surface area contributed by atoms with Gasteiger partial charge in [0.1, 0.15) is 11.2 Å². The van der Waals surface area contributed by atoms with Crippen molar-refractivity contribution in [2.75, 3.05) is 5.43 Å². The summed E-state index contributed by atoms with van der Waals surface area (Å²) in [6.45, 7) is 0. The number of H-pyrrole nitrogens is 1. The number of fused-ring (bicyclic) bond motifs is 4. The largest absolute Gasteiger partial charge is 0.350 e. The van der Waals surface area contributed by atoms with Gasteiger partial charge < -0.3 is 9.38 Å². The molecular formula is C20H15N5O. The lowest BCUT2D eigenvalue weighted by atomic mass is 10.2. The highest BCUT2D eigenvalue weighted by Gasteiger charge is 2.10. The standard InChI is InChI=1S/C20H15N5O/c26-20(17-11-13-5-1-2-7-15(13)22-17)24-23-16-8-3-9-18-19(16)21-12-14-6-4-10-25(14)18/h1-12,22-23H,(H,24,26). The Morgan fingerprint density at radius 2 is 1.96 bits per heavy atom. The number of hydrazine groups is 1. The molecule has 26 heavy (non-hydrogen) atoms. The van der Waals surface area contributed by atoms with Gasteiger partial charge in [0.2, 0.25) is 0 Å². The van der Waals surface area contributed by atoms with Gasteiger partial charge in [-0.3, -0.25) is 20.6 Å². The number of hydrogen-bond donors (Lipinski definition) is 3. The highest BCUT2D eigenvalue weighted by atomic mass is 16.2. The molecule has 3 N–H and O–H groups in total. The molecule has 0 saturated heterocycles. The number of benzene rings is 2. The average molecular weight is 341 g/mol. The lowest BCUT2D eigenvalue weighted by Crippen LogP contribution is -2.29. The van der Waals surface area contributed by atoms with Crippen LogP contribution in [0.15, 0.2) is 73.1 Å². The predicted octanol–water partition coefficient (Wildman–Crippen LogP) is 3.73. The summed E-state index contributed by atoms with van der Waals surface area (Å²) in [5, 5.41) is 1.000. The van der Waals surface area contributed by atoms with Crippen molar-refractivity contribution in [1.29, 1.82) is 0 Å². The van der Waals surface area contributed by atoms with Gasteiger partial charge in [-0.1, -0.05) is 24.3 Å². The number of anilines is 1. The van der Waals surface area contributed by atoms with E-state index < -0.39 is 0 Å². The first-order valence-electron chi connectivity index (χ1n) is 8.28. The predicted molar refractivity (Wildman–Crippen MR) is 102 cm³/mol. The molecule has 0 bridgehead atoms. The molecule has 3 aromatic heterocycles. The minimum absolute atomic E-state index is 0.236. The van der Waals surface area contributed by atoms with E-state index in [9.17, 15) is 4.79 Å². The number of aromatic amines is 1. The molecule has 6 heteroatoms. The molecule has 126 valence electrons. The van der Waals surface area contributed by atoms with Crippen molar-refractivity contribution in [3.8, 4) is 0 Å². The van der Waals surface area contributed by atoms with E-state index in [-0.39, 0.29) is 5.91 Å². The molecule has 0 atom stereocenters. The molecule has 0 aliphatic heterocycles. The van der Waals surface area contributed by atoms with Crippen LogP contribution in [-0.2, 0) is 0 Å². The van der Waals surface area contributed by atoms with E-state index in [2.05, 4.69) is 25.2 Å². The van der Waals surface area contributed by atoms with Gasteiger partial charge in [0.15, 0.2) is 0 Å². The monoisotopic (exact) mass is 341 g/mol. The number of rotatable bonds is 3. The molecule has 1 amide bonds. The van der Waals surface area contributed by atoms with E-state index in [1.54, 1.807) is 0 Å². The normalized spacial score (nSPS) is 11.2. The number of para-hydroxylation sites is 2. The van der Waals surface area contributed by atoms with E-state index >= 15 is 0 Å². The molecule has 3 heterocycles. The SMILES string of the molecule is O=C(NNc1cccc2c1ncc1cccn12)c1cc2ccccc2[nH]1. The maximum absolute atomic E-state index is 12.5. The zero-order valence-electron chi connectivity index (χ0n) is 13.7. The Labute approximate surface area is 148 Å². The summed E-state index contributed by atoms with van der Waals surface area (Å²) < 4.78 is 2.06. The summed E-state index contributed by atoms with van der Waals surface area (Å²) in [6, 6.07) is 19.4. The molecular weight excluding hydrogens is 326 g/mol. The number of hydrogen-bond acceptors (Lipinski definition) is 3. The van der Waals surface area contributed by atoms with Gasteiger partial charge in [0.25, 0.3) is 5.91 Å². The minimum Gasteiger partial charge on any atom is -0.350 e. The summed E-state index contributed by atoms with van der Waals surface area (Å²) in [5.41, 5.74) is 10.7. The molecule has 0 unspecified atom stereocenters. The topological polar surface area (TPSA) is 74.2 Å². The smallest absolute Gasteiger partial charge is 0.286 e. The second-order valence-corrected chi connectivity index (χ2v) is 6.08. The maximum Gasteiger partial charge on any atom is 0.286 e.